The topological polar surface area (TPSA) is 99.7 Å². The molecule has 1 aliphatic rings. The molecule has 3 atom stereocenters. The summed E-state index contributed by atoms with van der Waals surface area (Å²) in [6, 6.07) is 0.0975. The molecular formula is C14H20N2O6. The number of hydrogen-bond acceptors (Lipinski definition) is 7. The van der Waals surface area contributed by atoms with Gasteiger partial charge in [0.05, 0.1) is 0 Å². The molecule has 1 N–H and O–H groups in total. The van der Waals surface area contributed by atoms with Crippen LogP contribution in [0, 0.1) is 6.92 Å². The summed E-state index contributed by atoms with van der Waals surface area (Å²) in [6.45, 7) is 3.09. The summed E-state index contributed by atoms with van der Waals surface area (Å²) in [4.78, 5) is 29.1. The fraction of sp³-hybridized carbons (Fsp3) is 0.643. The van der Waals surface area contributed by atoms with E-state index in [1.807, 2.05) is 0 Å². The predicted octanol–water partition coefficient (Wildman–Crippen LogP) is 0.540. The molecule has 0 aliphatic carbocycles. The Bertz CT molecular complexity index is 573. The van der Waals surface area contributed by atoms with Gasteiger partial charge in [-0.05, 0) is 13.3 Å². The van der Waals surface area contributed by atoms with Crippen LogP contribution in [-0.2, 0) is 19.0 Å². The summed E-state index contributed by atoms with van der Waals surface area (Å²) < 4.78 is 21.5. The van der Waals surface area contributed by atoms with Gasteiger partial charge in [0.15, 0.2) is 6.29 Å². The summed E-state index contributed by atoms with van der Waals surface area (Å²) in [5.74, 6) is -0.378. The highest BCUT2D eigenvalue weighted by atomic mass is 16.7. The number of nitrogens with zero attached hydrogens (tertiary/aromatic N) is 1. The van der Waals surface area contributed by atoms with Crippen LogP contribution in [0.4, 0.5) is 0 Å². The fourth-order valence-electron chi connectivity index (χ4n) is 2.18. The average Bonchev–Trinajstić information content (AvgIpc) is 2.49. The zero-order valence-corrected chi connectivity index (χ0v) is 12.8. The number of hydrogen-bond donors (Lipinski definition) is 1. The third-order valence-electron chi connectivity index (χ3n) is 3.35. The summed E-state index contributed by atoms with van der Waals surface area (Å²) >= 11 is 0. The van der Waals surface area contributed by atoms with Crippen LogP contribution in [0.5, 0.6) is 6.01 Å². The first-order valence-corrected chi connectivity index (χ1v) is 7.03. The molecule has 22 heavy (non-hydrogen) atoms. The first-order chi connectivity index (χ1) is 10.5. The zero-order chi connectivity index (χ0) is 16.1. The third kappa shape index (κ3) is 4.28. The van der Waals surface area contributed by atoms with Crippen LogP contribution in [0.25, 0.3) is 0 Å². The van der Waals surface area contributed by atoms with Crippen LogP contribution < -0.4 is 10.3 Å². The van der Waals surface area contributed by atoms with Crippen molar-refractivity contribution < 1.29 is 23.7 Å². The van der Waals surface area contributed by atoms with E-state index in [0.717, 1.165) is 0 Å². The Morgan fingerprint density at radius 3 is 2.91 bits per heavy atom. The van der Waals surface area contributed by atoms with Gasteiger partial charge >= 0.3 is 5.97 Å². The van der Waals surface area contributed by atoms with Gasteiger partial charge in [0.25, 0.3) is 11.6 Å². The SMILES string of the molecule is CO[C@H]1CC[C@@H](OC(C)=O)[C@H](COc2ncc(C)c(=O)[nH]2)O1. The molecule has 1 aromatic rings. The highest BCUT2D eigenvalue weighted by Crippen LogP contribution is 2.23. The van der Waals surface area contributed by atoms with Gasteiger partial charge in [-0.3, -0.25) is 14.6 Å². The number of ether oxygens (including phenoxy) is 4. The van der Waals surface area contributed by atoms with Gasteiger partial charge in [-0.25, -0.2) is 4.98 Å². The van der Waals surface area contributed by atoms with Crippen molar-refractivity contribution >= 4 is 5.97 Å². The summed E-state index contributed by atoms with van der Waals surface area (Å²) in [5.41, 5.74) is 0.236. The van der Waals surface area contributed by atoms with E-state index in [-0.39, 0.29) is 30.4 Å². The highest BCUT2D eigenvalue weighted by Gasteiger charge is 2.34. The Labute approximate surface area is 127 Å². The number of nitrogens with one attached hydrogen (secondary N) is 1. The lowest BCUT2D eigenvalue weighted by molar-refractivity contribution is -0.225. The quantitative estimate of drug-likeness (QED) is 0.792. The van der Waals surface area contributed by atoms with Gasteiger partial charge in [-0.2, -0.15) is 0 Å². The average molecular weight is 312 g/mol. The number of methoxy groups -OCH3 is 1. The molecule has 0 unspecified atom stereocenters. The lowest BCUT2D eigenvalue weighted by Gasteiger charge is -2.34. The predicted molar refractivity (Wildman–Crippen MR) is 75.5 cm³/mol. The van der Waals surface area contributed by atoms with Gasteiger partial charge < -0.3 is 18.9 Å². The zero-order valence-electron chi connectivity index (χ0n) is 12.8. The Hall–Kier alpha value is -1.93. The molecule has 2 heterocycles. The Morgan fingerprint density at radius 2 is 2.27 bits per heavy atom. The summed E-state index contributed by atoms with van der Waals surface area (Å²) in [6.07, 6.45) is 1.40. The number of carbonyl (C=O) groups is 1. The van der Waals surface area contributed by atoms with Crippen molar-refractivity contribution in [3.8, 4) is 6.01 Å². The molecule has 8 heteroatoms. The maximum absolute atomic E-state index is 11.5. The van der Waals surface area contributed by atoms with Crippen molar-refractivity contribution in [3.05, 3.63) is 22.1 Å². The smallest absolute Gasteiger partial charge is 0.302 e. The van der Waals surface area contributed by atoms with E-state index in [1.54, 1.807) is 14.0 Å². The van der Waals surface area contributed by atoms with E-state index >= 15 is 0 Å². The van der Waals surface area contributed by atoms with E-state index in [0.29, 0.717) is 18.4 Å². The molecule has 0 bridgehead atoms. The van der Waals surface area contributed by atoms with Crippen molar-refractivity contribution in [3.63, 3.8) is 0 Å². The maximum Gasteiger partial charge on any atom is 0.302 e. The molecule has 0 amide bonds. The van der Waals surface area contributed by atoms with E-state index in [2.05, 4.69) is 9.97 Å². The van der Waals surface area contributed by atoms with Gasteiger partial charge in [-0.15, -0.1) is 0 Å². The van der Waals surface area contributed by atoms with Crippen molar-refractivity contribution in [2.75, 3.05) is 13.7 Å². The number of aromatic amines is 1. The Kier molecular flexibility index (Phi) is 5.51. The van der Waals surface area contributed by atoms with Crippen LogP contribution in [0.2, 0.25) is 0 Å². The van der Waals surface area contributed by atoms with Crippen LogP contribution in [0.1, 0.15) is 25.3 Å². The van der Waals surface area contributed by atoms with Gasteiger partial charge in [-0.1, -0.05) is 0 Å². The number of carbonyl (C=O) groups excluding carboxylic acids is 1. The van der Waals surface area contributed by atoms with Crippen LogP contribution >= 0.6 is 0 Å². The molecular weight excluding hydrogens is 292 g/mol. The minimum atomic E-state index is -0.491. The third-order valence-corrected chi connectivity index (χ3v) is 3.35. The molecule has 122 valence electrons. The molecule has 0 spiro atoms. The van der Waals surface area contributed by atoms with E-state index in [1.165, 1.54) is 13.1 Å². The molecule has 0 saturated carbocycles. The van der Waals surface area contributed by atoms with Gasteiger partial charge in [0.1, 0.15) is 18.8 Å². The number of aromatic nitrogens is 2. The molecule has 0 aromatic carbocycles. The molecule has 1 aliphatic heterocycles. The van der Waals surface area contributed by atoms with Gasteiger partial charge in [0, 0.05) is 32.2 Å². The number of rotatable bonds is 5. The van der Waals surface area contributed by atoms with Crippen molar-refractivity contribution in [2.24, 2.45) is 0 Å². The van der Waals surface area contributed by atoms with Crippen LogP contribution in [-0.4, -0.2) is 48.2 Å². The molecule has 0 radical (unpaired) electrons. The molecule has 2 rings (SSSR count). The Balaban J connectivity index is 2.00. The van der Waals surface area contributed by atoms with Crippen LogP contribution in [0.3, 0.4) is 0 Å². The minimum Gasteiger partial charge on any atom is -0.462 e. The second-order valence-electron chi connectivity index (χ2n) is 5.08. The van der Waals surface area contributed by atoms with E-state index in [4.69, 9.17) is 18.9 Å². The van der Waals surface area contributed by atoms with E-state index < -0.39 is 12.2 Å². The monoisotopic (exact) mass is 312 g/mol. The van der Waals surface area contributed by atoms with Crippen molar-refractivity contribution in [1.82, 2.24) is 9.97 Å². The number of aryl methyl sites for hydroxylation is 1. The normalized spacial score (nSPS) is 24.8. The second kappa shape index (κ2) is 7.37. The molecule has 1 aromatic heterocycles. The molecule has 8 nitrogen and oxygen atoms in total. The first kappa shape index (κ1) is 16.4. The number of esters is 1. The number of H-pyrrole nitrogens is 1. The summed E-state index contributed by atoms with van der Waals surface area (Å²) in [7, 11) is 1.55. The van der Waals surface area contributed by atoms with Crippen molar-refractivity contribution in [1.29, 1.82) is 0 Å². The Morgan fingerprint density at radius 1 is 1.50 bits per heavy atom. The highest BCUT2D eigenvalue weighted by molar-refractivity contribution is 5.66. The molecule has 1 saturated heterocycles. The fourth-order valence-corrected chi connectivity index (χ4v) is 2.18. The molecule has 1 fully saturated rings. The second-order valence-corrected chi connectivity index (χ2v) is 5.08. The lowest BCUT2D eigenvalue weighted by Crippen LogP contribution is -2.45. The standard InChI is InChI=1S/C14H20N2O6/c1-8-6-15-14(16-13(8)18)20-7-11-10(21-9(2)17)4-5-12(19-3)22-11/h6,10-12H,4-5,7H2,1-3H3,(H,15,16,18)/t10-,11+,12-/m1/s1. The first-order valence-electron chi connectivity index (χ1n) is 7.03. The van der Waals surface area contributed by atoms with Crippen molar-refractivity contribution in [2.45, 2.75) is 45.2 Å². The minimum absolute atomic E-state index is 0.0871. The van der Waals surface area contributed by atoms with Crippen LogP contribution in [0.15, 0.2) is 11.0 Å². The lowest BCUT2D eigenvalue weighted by atomic mass is 10.1. The largest absolute Gasteiger partial charge is 0.462 e. The maximum atomic E-state index is 11.5. The van der Waals surface area contributed by atoms with E-state index in [9.17, 15) is 9.59 Å². The van der Waals surface area contributed by atoms with Gasteiger partial charge in [0.2, 0.25) is 0 Å². The summed E-state index contributed by atoms with van der Waals surface area (Å²) in [5, 5.41) is 0.